The lowest BCUT2D eigenvalue weighted by molar-refractivity contribution is 0.123. The van der Waals surface area contributed by atoms with Crippen LogP contribution in [0, 0.1) is 12.8 Å². The van der Waals surface area contributed by atoms with Crippen LogP contribution in [0.2, 0.25) is 0 Å². The fraction of sp³-hybridized carbons (Fsp3) is 0.417. The van der Waals surface area contributed by atoms with E-state index >= 15 is 0 Å². The smallest absolute Gasteiger partial charge is 0.0690 e. The van der Waals surface area contributed by atoms with E-state index in [-0.39, 0.29) is 0 Å². The lowest BCUT2D eigenvalue weighted by Crippen LogP contribution is -2.43. The van der Waals surface area contributed by atoms with Gasteiger partial charge in [0.05, 0.1) is 5.69 Å². The topological polar surface area (TPSA) is 37.2 Å². The average molecular weight is 388 g/mol. The number of fused-ring (bicyclic) bond motifs is 4. The van der Waals surface area contributed by atoms with Crippen LogP contribution in [-0.4, -0.2) is 50.2 Å². The maximum absolute atomic E-state index is 4.48. The van der Waals surface area contributed by atoms with Crippen LogP contribution in [-0.2, 0) is 13.1 Å². The molecule has 3 aliphatic rings. The van der Waals surface area contributed by atoms with Crippen LogP contribution in [0.1, 0.15) is 29.5 Å². The molecule has 5 nitrogen and oxygen atoms in total. The Morgan fingerprint density at radius 2 is 1.97 bits per heavy atom. The highest BCUT2D eigenvalue weighted by atomic mass is 15.3. The standard InChI is InChI=1S/C24H29N5/c1-19-5-8-24(29-11-3-10-26-29)22(12-19)17-28-16-21-6-7-23(28)18-27(15-21)14-20-4-2-9-25-13-20/h2-5,8-13,21,23H,6-7,14-18H2,1H3/t21-,23+/m0/s1. The van der Waals surface area contributed by atoms with Gasteiger partial charge in [0.15, 0.2) is 0 Å². The molecule has 29 heavy (non-hydrogen) atoms. The summed E-state index contributed by atoms with van der Waals surface area (Å²) in [7, 11) is 0. The quantitative estimate of drug-likeness (QED) is 0.669. The lowest BCUT2D eigenvalue weighted by Gasteiger charge is -2.36. The molecular weight excluding hydrogens is 358 g/mol. The van der Waals surface area contributed by atoms with Gasteiger partial charge in [-0.05, 0) is 55.0 Å². The molecule has 0 radical (unpaired) electrons. The van der Waals surface area contributed by atoms with Gasteiger partial charge in [0.2, 0.25) is 0 Å². The Hall–Kier alpha value is -2.50. The molecule has 2 aromatic heterocycles. The number of benzene rings is 1. The van der Waals surface area contributed by atoms with Gasteiger partial charge in [-0.1, -0.05) is 23.8 Å². The molecule has 5 heteroatoms. The molecule has 1 aromatic carbocycles. The van der Waals surface area contributed by atoms with Crippen molar-refractivity contribution in [2.75, 3.05) is 19.6 Å². The zero-order valence-electron chi connectivity index (χ0n) is 17.1. The summed E-state index contributed by atoms with van der Waals surface area (Å²) in [6, 6.07) is 13.6. The van der Waals surface area contributed by atoms with Crippen molar-refractivity contribution in [3.8, 4) is 5.69 Å². The predicted molar refractivity (Wildman–Crippen MR) is 115 cm³/mol. The molecule has 150 valence electrons. The molecule has 0 saturated carbocycles. The summed E-state index contributed by atoms with van der Waals surface area (Å²) >= 11 is 0. The van der Waals surface area contributed by atoms with Crippen LogP contribution in [0.3, 0.4) is 0 Å². The van der Waals surface area contributed by atoms with E-state index in [4.69, 9.17) is 0 Å². The van der Waals surface area contributed by atoms with Gasteiger partial charge in [0, 0.05) is 63.6 Å². The van der Waals surface area contributed by atoms with E-state index in [1.54, 1.807) is 0 Å². The van der Waals surface area contributed by atoms with Crippen molar-refractivity contribution in [1.82, 2.24) is 24.6 Å². The largest absolute Gasteiger partial charge is 0.297 e. The number of piperidine rings is 1. The monoisotopic (exact) mass is 387 g/mol. The second kappa shape index (κ2) is 8.09. The molecule has 0 N–H and O–H groups in total. The Balaban J connectivity index is 1.35. The second-order valence-corrected chi connectivity index (χ2v) is 8.66. The van der Waals surface area contributed by atoms with E-state index in [1.807, 2.05) is 41.6 Å². The molecule has 3 aromatic rings. The van der Waals surface area contributed by atoms with E-state index in [0.717, 1.165) is 25.6 Å². The summed E-state index contributed by atoms with van der Waals surface area (Å²) in [6.45, 7) is 7.73. The lowest BCUT2D eigenvalue weighted by atomic mass is 9.94. The zero-order chi connectivity index (χ0) is 19.6. The first-order chi connectivity index (χ1) is 14.2. The van der Waals surface area contributed by atoms with E-state index in [2.05, 4.69) is 51.1 Å². The minimum Gasteiger partial charge on any atom is -0.297 e. The Bertz CT molecular complexity index is 937. The normalized spacial score (nSPS) is 22.7. The van der Waals surface area contributed by atoms with E-state index in [9.17, 15) is 0 Å². The summed E-state index contributed by atoms with van der Waals surface area (Å²) in [4.78, 5) is 9.66. The fourth-order valence-electron chi connectivity index (χ4n) is 5.04. The van der Waals surface area contributed by atoms with Crippen molar-refractivity contribution in [3.63, 3.8) is 0 Å². The molecular formula is C24H29N5. The maximum atomic E-state index is 4.48. The van der Waals surface area contributed by atoms with Gasteiger partial charge in [-0.3, -0.25) is 14.8 Å². The minimum absolute atomic E-state index is 0.622. The minimum atomic E-state index is 0.622. The van der Waals surface area contributed by atoms with Crippen molar-refractivity contribution < 1.29 is 0 Å². The van der Waals surface area contributed by atoms with Gasteiger partial charge in [-0.25, -0.2) is 4.68 Å². The van der Waals surface area contributed by atoms with Crippen LogP contribution in [0.5, 0.6) is 0 Å². The predicted octanol–water partition coefficient (Wildman–Crippen LogP) is 3.67. The van der Waals surface area contributed by atoms with E-state index in [0.29, 0.717) is 6.04 Å². The van der Waals surface area contributed by atoms with Gasteiger partial charge in [0.1, 0.15) is 0 Å². The number of hydrogen-bond acceptors (Lipinski definition) is 4. The molecule has 0 amide bonds. The highest BCUT2D eigenvalue weighted by molar-refractivity contribution is 5.42. The first kappa shape index (κ1) is 18.5. The van der Waals surface area contributed by atoms with Gasteiger partial charge in [0.25, 0.3) is 0 Å². The van der Waals surface area contributed by atoms with Crippen molar-refractivity contribution in [3.05, 3.63) is 77.9 Å². The second-order valence-electron chi connectivity index (χ2n) is 8.66. The van der Waals surface area contributed by atoms with Crippen LogP contribution in [0.25, 0.3) is 5.69 Å². The Kier molecular flexibility index (Phi) is 5.17. The highest BCUT2D eigenvalue weighted by Gasteiger charge is 2.35. The molecule has 2 atom stereocenters. The van der Waals surface area contributed by atoms with Crippen molar-refractivity contribution in [1.29, 1.82) is 0 Å². The Morgan fingerprint density at radius 3 is 2.79 bits per heavy atom. The highest BCUT2D eigenvalue weighted by Crippen LogP contribution is 2.31. The third-order valence-electron chi connectivity index (χ3n) is 6.39. The van der Waals surface area contributed by atoms with Crippen molar-refractivity contribution in [2.24, 2.45) is 5.92 Å². The van der Waals surface area contributed by atoms with Crippen LogP contribution < -0.4 is 0 Å². The first-order valence-corrected chi connectivity index (χ1v) is 10.7. The molecule has 0 spiro atoms. The summed E-state index contributed by atoms with van der Waals surface area (Å²) in [6.07, 6.45) is 10.4. The van der Waals surface area contributed by atoms with E-state index < -0.39 is 0 Å². The Morgan fingerprint density at radius 1 is 1.00 bits per heavy atom. The number of hydrogen-bond donors (Lipinski definition) is 0. The van der Waals surface area contributed by atoms with Crippen molar-refractivity contribution in [2.45, 2.75) is 38.9 Å². The Labute approximate surface area is 173 Å². The van der Waals surface area contributed by atoms with Crippen molar-refractivity contribution >= 4 is 0 Å². The summed E-state index contributed by atoms with van der Waals surface area (Å²) < 4.78 is 2.00. The molecule has 0 aliphatic carbocycles. The van der Waals surface area contributed by atoms with Gasteiger partial charge in [-0.2, -0.15) is 5.10 Å². The third kappa shape index (κ3) is 4.11. The van der Waals surface area contributed by atoms with Crippen LogP contribution in [0.15, 0.2) is 61.2 Å². The van der Waals surface area contributed by atoms with Crippen LogP contribution >= 0.6 is 0 Å². The summed E-state index contributed by atoms with van der Waals surface area (Å²) in [5.41, 5.74) is 5.21. The molecule has 6 rings (SSSR count). The zero-order valence-corrected chi connectivity index (χ0v) is 17.1. The molecule has 2 bridgehead atoms. The molecule has 3 fully saturated rings. The molecule has 0 unspecified atom stereocenters. The fourth-order valence-corrected chi connectivity index (χ4v) is 5.04. The van der Waals surface area contributed by atoms with Gasteiger partial charge < -0.3 is 0 Å². The third-order valence-corrected chi connectivity index (χ3v) is 6.39. The molecule has 5 heterocycles. The molecule has 3 saturated heterocycles. The number of aromatic nitrogens is 3. The van der Waals surface area contributed by atoms with Gasteiger partial charge in [-0.15, -0.1) is 0 Å². The average Bonchev–Trinajstić information content (AvgIpc) is 3.12. The first-order valence-electron chi connectivity index (χ1n) is 10.7. The SMILES string of the molecule is Cc1ccc(-n2cccn2)c(CN2C[C@H]3CC[C@@H]2CN(Cc2cccnc2)C3)c1. The van der Waals surface area contributed by atoms with Gasteiger partial charge >= 0.3 is 0 Å². The van der Waals surface area contributed by atoms with E-state index in [1.165, 1.54) is 48.3 Å². The maximum Gasteiger partial charge on any atom is 0.0690 e. The number of pyridine rings is 1. The molecule has 3 aliphatic heterocycles. The summed E-state index contributed by atoms with van der Waals surface area (Å²) in [5.74, 6) is 0.753. The number of rotatable bonds is 5. The number of nitrogens with zero attached hydrogens (tertiary/aromatic N) is 5. The summed E-state index contributed by atoms with van der Waals surface area (Å²) in [5, 5.41) is 4.48. The number of aryl methyl sites for hydroxylation is 1. The van der Waals surface area contributed by atoms with Crippen LogP contribution in [0.4, 0.5) is 0 Å².